The Hall–Kier alpha value is -2.93. The molecular formula is C21H21N3O3S. The van der Waals surface area contributed by atoms with Crippen molar-refractivity contribution in [3.63, 3.8) is 0 Å². The van der Waals surface area contributed by atoms with Gasteiger partial charge in [-0.3, -0.25) is 9.59 Å². The normalized spacial score (nSPS) is 16.5. The van der Waals surface area contributed by atoms with E-state index in [1.54, 1.807) is 22.5 Å². The maximum Gasteiger partial charge on any atom is 0.236 e. The molecule has 1 N–H and O–H groups in total. The molecular weight excluding hydrogens is 374 g/mol. The molecule has 1 aromatic carbocycles. The average molecular weight is 395 g/mol. The van der Waals surface area contributed by atoms with Gasteiger partial charge in [-0.05, 0) is 23.9 Å². The van der Waals surface area contributed by atoms with Crippen LogP contribution in [0.3, 0.4) is 0 Å². The highest BCUT2D eigenvalue weighted by Gasteiger charge is 2.34. The molecule has 2 aromatic heterocycles. The lowest BCUT2D eigenvalue weighted by atomic mass is 10.1. The molecule has 0 unspecified atom stereocenters. The van der Waals surface area contributed by atoms with Gasteiger partial charge < -0.3 is 14.6 Å². The van der Waals surface area contributed by atoms with E-state index in [9.17, 15) is 9.59 Å². The highest BCUT2D eigenvalue weighted by Crippen LogP contribution is 2.24. The molecule has 0 saturated carbocycles. The Bertz CT molecular complexity index is 963. The van der Waals surface area contributed by atoms with Crippen LogP contribution in [0.1, 0.15) is 23.2 Å². The molecule has 4 rings (SSSR count). The van der Waals surface area contributed by atoms with Crippen LogP contribution in [0.15, 0.2) is 52.5 Å². The van der Waals surface area contributed by atoms with Crippen molar-refractivity contribution in [3.05, 3.63) is 64.9 Å². The minimum Gasteiger partial charge on any atom is -0.443 e. The molecule has 6 nitrogen and oxygen atoms in total. The van der Waals surface area contributed by atoms with Gasteiger partial charge in [0.15, 0.2) is 0 Å². The highest BCUT2D eigenvalue weighted by molar-refractivity contribution is 7.13. The van der Waals surface area contributed by atoms with Crippen molar-refractivity contribution in [2.24, 2.45) is 5.92 Å². The van der Waals surface area contributed by atoms with Crippen molar-refractivity contribution >= 4 is 23.2 Å². The zero-order valence-electron chi connectivity index (χ0n) is 15.6. The third-order valence-corrected chi connectivity index (χ3v) is 5.66. The van der Waals surface area contributed by atoms with E-state index in [1.165, 1.54) is 5.56 Å². The molecule has 0 radical (unpaired) electrons. The SMILES string of the molecule is Cc1ccc(CN2C[C@@H](C(=O)NCc3coc(-c4cccs4)n3)CC2=O)cc1. The molecule has 28 heavy (non-hydrogen) atoms. The number of rotatable bonds is 6. The second-order valence-corrected chi connectivity index (χ2v) is 7.95. The predicted octanol–water partition coefficient (Wildman–Crippen LogP) is 3.38. The first-order chi connectivity index (χ1) is 13.6. The van der Waals surface area contributed by atoms with Crippen LogP contribution in [-0.2, 0) is 22.7 Å². The summed E-state index contributed by atoms with van der Waals surface area (Å²) in [5.74, 6) is 0.115. The predicted molar refractivity (Wildman–Crippen MR) is 106 cm³/mol. The maximum atomic E-state index is 12.5. The Balaban J connectivity index is 1.30. The highest BCUT2D eigenvalue weighted by atomic mass is 32.1. The van der Waals surface area contributed by atoms with Crippen molar-refractivity contribution < 1.29 is 14.0 Å². The van der Waals surface area contributed by atoms with Gasteiger partial charge in [-0.2, -0.15) is 0 Å². The summed E-state index contributed by atoms with van der Waals surface area (Å²) in [6, 6.07) is 12.0. The summed E-state index contributed by atoms with van der Waals surface area (Å²) in [6.07, 6.45) is 1.80. The fourth-order valence-electron chi connectivity index (χ4n) is 3.24. The number of thiophene rings is 1. The summed E-state index contributed by atoms with van der Waals surface area (Å²) >= 11 is 1.55. The maximum absolute atomic E-state index is 12.5. The van der Waals surface area contributed by atoms with Crippen molar-refractivity contribution in [2.45, 2.75) is 26.4 Å². The fraction of sp³-hybridized carbons (Fsp3) is 0.286. The number of benzene rings is 1. The van der Waals surface area contributed by atoms with Crippen molar-refractivity contribution in [3.8, 4) is 10.8 Å². The fourth-order valence-corrected chi connectivity index (χ4v) is 3.89. The van der Waals surface area contributed by atoms with Crippen LogP contribution >= 0.6 is 11.3 Å². The van der Waals surface area contributed by atoms with Crippen LogP contribution in [0.4, 0.5) is 0 Å². The second kappa shape index (κ2) is 7.98. The van der Waals surface area contributed by atoms with E-state index in [2.05, 4.69) is 10.3 Å². The first kappa shape index (κ1) is 18.4. The van der Waals surface area contributed by atoms with Crippen molar-refractivity contribution in [1.29, 1.82) is 0 Å². The summed E-state index contributed by atoms with van der Waals surface area (Å²) in [5, 5.41) is 4.83. The summed E-state index contributed by atoms with van der Waals surface area (Å²) in [6.45, 7) is 3.30. The Morgan fingerprint density at radius 2 is 2.14 bits per heavy atom. The quantitative estimate of drug-likeness (QED) is 0.694. The summed E-state index contributed by atoms with van der Waals surface area (Å²) < 4.78 is 5.46. The van der Waals surface area contributed by atoms with Crippen LogP contribution in [0, 0.1) is 12.8 Å². The smallest absolute Gasteiger partial charge is 0.236 e. The summed E-state index contributed by atoms with van der Waals surface area (Å²) in [5.41, 5.74) is 2.92. The van der Waals surface area contributed by atoms with E-state index < -0.39 is 0 Å². The van der Waals surface area contributed by atoms with Gasteiger partial charge in [-0.1, -0.05) is 35.9 Å². The Labute approximate surface area is 167 Å². The molecule has 1 atom stereocenters. The van der Waals surface area contributed by atoms with Gasteiger partial charge in [-0.25, -0.2) is 4.98 Å². The number of carbonyl (C=O) groups is 2. The van der Waals surface area contributed by atoms with Crippen LogP contribution in [-0.4, -0.2) is 28.2 Å². The number of nitrogens with one attached hydrogen (secondary N) is 1. The van der Waals surface area contributed by atoms with Crippen molar-refractivity contribution in [2.75, 3.05) is 6.54 Å². The number of hydrogen-bond acceptors (Lipinski definition) is 5. The number of amides is 2. The molecule has 0 aliphatic carbocycles. The molecule has 0 bridgehead atoms. The number of nitrogens with zero attached hydrogens (tertiary/aromatic N) is 2. The van der Waals surface area contributed by atoms with E-state index in [4.69, 9.17) is 4.42 Å². The van der Waals surface area contributed by atoms with Crippen LogP contribution < -0.4 is 5.32 Å². The number of oxazole rings is 1. The number of aromatic nitrogens is 1. The third kappa shape index (κ3) is 4.14. The lowest BCUT2D eigenvalue weighted by molar-refractivity contribution is -0.129. The summed E-state index contributed by atoms with van der Waals surface area (Å²) in [7, 11) is 0. The minimum absolute atomic E-state index is 0.0159. The molecule has 2 amide bonds. The number of hydrogen-bond donors (Lipinski definition) is 1. The first-order valence-electron chi connectivity index (χ1n) is 9.18. The zero-order chi connectivity index (χ0) is 19.5. The van der Waals surface area contributed by atoms with Crippen LogP contribution in [0.25, 0.3) is 10.8 Å². The molecule has 7 heteroatoms. The van der Waals surface area contributed by atoms with E-state index in [0.717, 1.165) is 10.4 Å². The largest absolute Gasteiger partial charge is 0.443 e. The van der Waals surface area contributed by atoms with Gasteiger partial charge in [0.1, 0.15) is 6.26 Å². The molecule has 3 aromatic rings. The average Bonchev–Trinajstić information content (AvgIpc) is 3.43. The van der Waals surface area contributed by atoms with Crippen molar-refractivity contribution in [1.82, 2.24) is 15.2 Å². The Morgan fingerprint density at radius 1 is 1.32 bits per heavy atom. The molecule has 1 aliphatic heterocycles. The van der Waals surface area contributed by atoms with Gasteiger partial charge in [0, 0.05) is 19.5 Å². The molecule has 144 valence electrons. The second-order valence-electron chi connectivity index (χ2n) is 7.00. The Kier molecular flexibility index (Phi) is 5.25. The van der Waals surface area contributed by atoms with E-state index in [-0.39, 0.29) is 30.7 Å². The van der Waals surface area contributed by atoms with Crippen LogP contribution in [0.5, 0.6) is 0 Å². The molecule has 1 aliphatic rings. The lowest BCUT2D eigenvalue weighted by Crippen LogP contribution is -2.32. The third-order valence-electron chi connectivity index (χ3n) is 4.81. The standard InChI is InChI=1S/C21H21N3O3S/c1-14-4-6-15(7-5-14)11-24-12-16(9-19(24)25)20(26)22-10-17-13-27-21(23-17)18-3-2-8-28-18/h2-8,13,16H,9-12H2,1H3,(H,22,26)/t16-/m0/s1. The van der Waals surface area contributed by atoms with Gasteiger partial charge in [0.2, 0.25) is 17.7 Å². The number of aryl methyl sites for hydroxylation is 1. The molecule has 1 fully saturated rings. The van der Waals surface area contributed by atoms with Crippen LogP contribution in [0.2, 0.25) is 0 Å². The Morgan fingerprint density at radius 3 is 2.89 bits per heavy atom. The van der Waals surface area contributed by atoms with E-state index >= 15 is 0 Å². The van der Waals surface area contributed by atoms with E-state index in [0.29, 0.717) is 24.7 Å². The zero-order valence-corrected chi connectivity index (χ0v) is 16.4. The monoisotopic (exact) mass is 395 g/mol. The van der Waals surface area contributed by atoms with Gasteiger partial charge in [0.25, 0.3) is 0 Å². The topological polar surface area (TPSA) is 75.4 Å². The number of carbonyl (C=O) groups excluding carboxylic acids is 2. The van der Waals surface area contributed by atoms with E-state index in [1.807, 2.05) is 48.7 Å². The first-order valence-corrected chi connectivity index (χ1v) is 10.1. The summed E-state index contributed by atoms with van der Waals surface area (Å²) in [4.78, 5) is 31.9. The lowest BCUT2D eigenvalue weighted by Gasteiger charge is -2.16. The minimum atomic E-state index is -0.332. The van der Waals surface area contributed by atoms with Gasteiger partial charge >= 0.3 is 0 Å². The van der Waals surface area contributed by atoms with Gasteiger partial charge in [-0.15, -0.1) is 11.3 Å². The number of likely N-dealkylation sites (tertiary alicyclic amines) is 1. The molecule has 0 spiro atoms. The molecule has 3 heterocycles. The molecule has 1 saturated heterocycles. The van der Waals surface area contributed by atoms with Gasteiger partial charge in [0.05, 0.1) is 23.0 Å².